The van der Waals surface area contributed by atoms with Crippen LogP contribution >= 0.6 is 28.7 Å². The van der Waals surface area contributed by atoms with Crippen LogP contribution in [0.1, 0.15) is 11.3 Å². The number of hydrogen-bond donors (Lipinski definition) is 2. The minimum absolute atomic E-state index is 0. The van der Waals surface area contributed by atoms with Crippen LogP contribution in [0.5, 0.6) is 5.88 Å². The Bertz CT molecular complexity index is 478. The first-order chi connectivity index (χ1) is 8.62. The topological polar surface area (TPSA) is 76.9 Å². The molecule has 0 aromatic carbocycles. The standard InChI is InChI=1S/C8H9F5N4OS.BrH/c1-17-5(18-6(9)10)3(2-19-7(14)15)4(16-17)8(11,12)13;/h6H,2H2,1H3,(H3,14,15);1H. The largest absolute Gasteiger partial charge is 0.435 e. The van der Waals surface area contributed by atoms with E-state index in [1.807, 2.05) is 0 Å². The number of thioether (sulfide) groups is 1. The molecule has 0 atom stereocenters. The van der Waals surface area contributed by atoms with Crippen LogP contribution in [0.2, 0.25) is 0 Å². The number of halogens is 6. The molecule has 12 heteroatoms. The molecule has 3 N–H and O–H groups in total. The zero-order valence-corrected chi connectivity index (χ0v) is 12.4. The van der Waals surface area contributed by atoms with Crippen LogP contribution in [-0.2, 0) is 19.0 Å². The van der Waals surface area contributed by atoms with Crippen LogP contribution in [0.3, 0.4) is 0 Å². The number of aromatic nitrogens is 2. The fourth-order valence-electron chi connectivity index (χ4n) is 1.29. The lowest BCUT2D eigenvalue weighted by atomic mass is 10.2. The normalized spacial score (nSPS) is 11.3. The summed E-state index contributed by atoms with van der Waals surface area (Å²) in [4.78, 5) is 0. The van der Waals surface area contributed by atoms with E-state index in [0.29, 0.717) is 16.4 Å². The van der Waals surface area contributed by atoms with Gasteiger partial charge in [0.15, 0.2) is 10.9 Å². The molecule has 0 bridgehead atoms. The fourth-order valence-corrected chi connectivity index (χ4v) is 1.85. The molecule has 5 nitrogen and oxygen atoms in total. The Morgan fingerprint density at radius 1 is 1.50 bits per heavy atom. The minimum atomic E-state index is -4.81. The monoisotopic (exact) mass is 384 g/mol. The van der Waals surface area contributed by atoms with Crippen molar-refractivity contribution < 1.29 is 26.7 Å². The van der Waals surface area contributed by atoms with E-state index < -0.39 is 40.8 Å². The minimum Gasteiger partial charge on any atom is -0.417 e. The predicted octanol–water partition coefficient (Wildman–Crippen LogP) is 2.74. The number of hydrogen-bond acceptors (Lipinski definition) is 4. The van der Waals surface area contributed by atoms with Crippen molar-refractivity contribution in [3.8, 4) is 5.88 Å². The van der Waals surface area contributed by atoms with Crippen LogP contribution in [0.25, 0.3) is 0 Å². The fraction of sp³-hybridized carbons (Fsp3) is 0.500. The van der Waals surface area contributed by atoms with Crippen LogP contribution in [-0.4, -0.2) is 21.6 Å². The molecule has 1 heterocycles. The van der Waals surface area contributed by atoms with Gasteiger partial charge >= 0.3 is 12.8 Å². The van der Waals surface area contributed by atoms with Gasteiger partial charge in [-0.25, -0.2) is 4.68 Å². The average Bonchev–Trinajstić information content (AvgIpc) is 2.52. The molecule has 0 unspecified atom stereocenters. The van der Waals surface area contributed by atoms with Gasteiger partial charge < -0.3 is 10.5 Å². The maximum absolute atomic E-state index is 12.7. The highest BCUT2D eigenvalue weighted by molar-refractivity contribution is 8.93. The van der Waals surface area contributed by atoms with Gasteiger partial charge in [-0.1, -0.05) is 11.8 Å². The number of rotatable bonds is 4. The Balaban J connectivity index is 0.00000361. The molecule has 116 valence electrons. The van der Waals surface area contributed by atoms with Crippen molar-refractivity contribution >= 4 is 33.9 Å². The molecule has 0 radical (unpaired) electrons. The highest BCUT2D eigenvalue weighted by Crippen LogP contribution is 2.37. The second kappa shape index (κ2) is 7.11. The number of aryl methyl sites for hydroxylation is 1. The lowest BCUT2D eigenvalue weighted by Crippen LogP contribution is -2.11. The summed E-state index contributed by atoms with van der Waals surface area (Å²) in [6.45, 7) is -3.28. The van der Waals surface area contributed by atoms with Crippen molar-refractivity contribution in [2.45, 2.75) is 18.5 Å². The van der Waals surface area contributed by atoms with Gasteiger partial charge in [0.05, 0.1) is 5.56 Å². The molecule has 0 aliphatic heterocycles. The Labute approximate surface area is 124 Å². The summed E-state index contributed by atoms with van der Waals surface area (Å²) in [6, 6.07) is 0. The molecule has 0 saturated heterocycles. The van der Waals surface area contributed by atoms with Crippen molar-refractivity contribution in [1.82, 2.24) is 9.78 Å². The van der Waals surface area contributed by atoms with Crippen LogP contribution < -0.4 is 10.5 Å². The van der Waals surface area contributed by atoms with E-state index in [-0.39, 0.29) is 17.0 Å². The van der Waals surface area contributed by atoms with Crippen LogP contribution in [0.4, 0.5) is 22.0 Å². The van der Waals surface area contributed by atoms with E-state index in [0.717, 1.165) is 7.05 Å². The van der Waals surface area contributed by atoms with Gasteiger partial charge in [-0.05, 0) is 0 Å². The molecule has 0 amide bonds. The van der Waals surface area contributed by atoms with Crippen molar-refractivity contribution in [2.24, 2.45) is 12.8 Å². The molecular formula is C8H10BrF5N4OS. The summed E-state index contributed by atoms with van der Waals surface area (Å²) >= 11 is 0.552. The molecule has 1 aromatic heterocycles. The van der Waals surface area contributed by atoms with Gasteiger partial charge in [0, 0.05) is 12.8 Å². The Hall–Kier alpha value is -1.04. The van der Waals surface area contributed by atoms with Gasteiger partial charge in [-0.15, -0.1) is 17.0 Å². The van der Waals surface area contributed by atoms with E-state index in [4.69, 9.17) is 11.1 Å². The molecule has 0 spiro atoms. The zero-order chi connectivity index (χ0) is 14.8. The van der Waals surface area contributed by atoms with E-state index in [1.165, 1.54) is 0 Å². The van der Waals surface area contributed by atoms with Gasteiger partial charge in [0.2, 0.25) is 5.88 Å². The van der Waals surface area contributed by atoms with Gasteiger partial charge in [0.1, 0.15) is 0 Å². The molecule has 0 aliphatic rings. The quantitative estimate of drug-likeness (QED) is 0.475. The van der Waals surface area contributed by atoms with E-state index >= 15 is 0 Å². The van der Waals surface area contributed by atoms with Gasteiger partial charge in [-0.3, -0.25) is 5.41 Å². The number of nitrogens with two attached hydrogens (primary N) is 1. The maximum Gasteiger partial charge on any atom is 0.435 e. The lowest BCUT2D eigenvalue weighted by molar-refractivity contribution is -0.142. The summed E-state index contributed by atoms with van der Waals surface area (Å²) in [7, 11) is 1.05. The summed E-state index contributed by atoms with van der Waals surface area (Å²) in [5.41, 5.74) is 3.10. The smallest absolute Gasteiger partial charge is 0.417 e. The number of alkyl halides is 5. The Morgan fingerprint density at radius 2 is 2.05 bits per heavy atom. The van der Waals surface area contributed by atoms with Crippen LogP contribution in [0.15, 0.2) is 0 Å². The molecule has 0 aliphatic carbocycles. The van der Waals surface area contributed by atoms with Crippen molar-refractivity contribution in [3.63, 3.8) is 0 Å². The number of nitrogens with zero attached hydrogens (tertiary/aromatic N) is 2. The summed E-state index contributed by atoms with van der Waals surface area (Å²) in [5.74, 6) is -1.14. The van der Waals surface area contributed by atoms with Gasteiger partial charge in [0.25, 0.3) is 0 Å². The Morgan fingerprint density at radius 3 is 2.45 bits per heavy atom. The highest BCUT2D eigenvalue weighted by Gasteiger charge is 2.39. The third-order valence-electron chi connectivity index (χ3n) is 1.93. The van der Waals surface area contributed by atoms with E-state index in [9.17, 15) is 22.0 Å². The lowest BCUT2D eigenvalue weighted by Gasteiger charge is -2.08. The number of amidine groups is 1. The summed E-state index contributed by atoms with van der Waals surface area (Å²) < 4.78 is 67.0. The average molecular weight is 385 g/mol. The molecule has 20 heavy (non-hydrogen) atoms. The molecule has 0 saturated carbocycles. The number of nitrogens with one attached hydrogen (secondary N) is 1. The zero-order valence-electron chi connectivity index (χ0n) is 9.87. The second-order valence-corrected chi connectivity index (χ2v) is 4.30. The summed E-state index contributed by atoms with van der Waals surface area (Å²) in [6.07, 6.45) is -4.81. The molecule has 1 aromatic rings. The van der Waals surface area contributed by atoms with Crippen molar-refractivity contribution in [3.05, 3.63) is 11.3 Å². The first-order valence-electron chi connectivity index (χ1n) is 4.67. The number of ether oxygens (including phenoxy) is 1. The summed E-state index contributed by atoms with van der Waals surface area (Å²) in [5, 5.41) is 9.61. The van der Waals surface area contributed by atoms with Crippen LogP contribution in [0, 0.1) is 5.41 Å². The van der Waals surface area contributed by atoms with Crippen molar-refractivity contribution in [2.75, 3.05) is 0 Å². The first kappa shape index (κ1) is 19.0. The highest BCUT2D eigenvalue weighted by atomic mass is 79.9. The molecule has 0 fully saturated rings. The maximum atomic E-state index is 12.7. The third-order valence-corrected chi connectivity index (χ3v) is 2.67. The van der Waals surface area contributed by atoms with E-state index in [2.05, 4.69) is 9.84 Å². The predicted molar refractivity (Wildman–Crippen MR) is 68.4 cm³/mol. The third kappa shape index (κ3) is 4.81. The first-order valence-corrected chi connectivity index (χ1v) is 5.66. The molecular weight excluding hydrogens is 375 g/mol. The second-order valence-electron chi connectivity index (χ2n) is 3.29. The Kier molecular flexibility index (Phi) is 6.74. The van der Waals surface area contributed by atoms with Gasteiger partial charge in [-0.2, -0.15) is 27.1 Å². The van der Waals surface area contributed by atoms with E-state index in [1.54, 1.807) is 0 Å². The SMILES string of the molecule is Br.Cn1nc(C(F)(F)F)c(CSC(=N)N)c1OC(F)F. The van der Waals surface area contributed by atoms with Crippen molar-refractivity contribution in [1.29, 1.82) is 5.41 Å². The molecule has 1 rings (SSSR count).